The Balaban J connectivity index is 1.15. The zero-order valence-corrected chi connectivity index (χ0v) is 18.0. The van der Waals surface area contributed by atoms with Crippen molar-refractivity contribution in [3.63, 3.8) is 0 Å². The summed E-state index contributed by atoms with van der Waals surface area (Å²) in [6.07, 6.45) is 9.67. The van der Waals surface area contributed by atoms with E-state index in [1.165, 1.54) is 16.8 Å². The molecule has 3 saturated heterocycles. The average molecular weight is 438 g/mol. The second kappa shape index (κ2) is 8.22. The SMILES string of the molecule is O=C(OC1COC1)N1CCN(c2ccnc3c2C=C(c2cn([C@H]4CCOC4)cn2)C3)CC1. The second-order valence-electron chi connectivity index (χ2n) is 8.78. The lowest BCUT2D eigenvalue weighted by Gasteiger charge is -2.37. The van der Waals surface area contributed by atoms with E-state index >= 15 is 0 Å². The number of pyridine rings is 1. The van der Waals surface area contributed by atoms with Crippen LogP contribution in [0.1, 0.15) is 29.4 Å². The molecule has 168 valence electrons. The number of nitrogens with zero attached hydrogens (tertiary/aromatic N) is 5. The fourth-order valence-electron chi connectivity index (χ4n) is 4.74. The number of ether oxygens (including phenoxy) is 3. The molecule has 0 unspecified atom stereocenters. The Kier molecular flexibility index (Phi) is 5.07. The van der Waals surface area contributed by atoms with Crippen molar-refractivity contribution in [2.75, 3.05) is 57.5 Å². The number of allylic oxidation sites excluding steroid dienone is 1. The van der Waals surface area contributed by atoms with Gasteiger partial charge in [0.05, 0.1) is 43.6 Å². The van der Waals surface area contributed by atoms with E-state index in [-0.39, 0.29) is 12.2 Å². The number of hydrogen-bond donors (Lipinski definition) is 0. The van der Waals surface area contributed by atoms with Crippen molar-refractivity contribution < 1.29 is 19.0 Å². The number of amides is 1. The third kappa shape index (κ3) is 3.65. The molecule has 5 heterocycles. The van der Waals surface area contributed by atoms with Gasteiger partial charge in [0.1, 0.15) is 0 Å². The van der Waals surface area contributed by atoms with Crippen molar-refractivity contribution in [1.82, 2.24) is 19.4 Å². The molecule has 0 N–H and O–H groups in total. The van der Waals surface area contributed by atoms with Gasteiger partial charge in [0.2, 0.25) is 0 Å². The van der Waals surface area contributed by atoms with E-state index in [9.17, 15) is 4.79 Å². The molecule has 1 amide bonds. The number of fused-ring (bicyclic) bond motifs is 1. The van der Waals surface area contributed by atoms with Gasteiger partial charge >= 0.3 is 6.09 Å². The van der Waals surface area contributed by atoms with Crippen LogP contribution in [0, 0.1) is 0 Å². The van der Waals surface area contributed by atoms with Crippen LogP contribution in [-0.4, -0.2) is 84.2 Å². The van der Waals surface area contributed by atoms with Crippen molar-refractivity contribution in [2.45, 2.75) is 25.0 Å². The summed E-state index contributed by atoms with van der Waals surface area (Å²) in [6.45, 7) is 5.43. The minimum absolute atomic E-state index is 0.0859. The molecular weight excluding hydrogens is 410 g/mol. The Morgan fingerprint density at radius 2 is 1.97 bits per heavy atom. The lowest BCUT2D eigenvalue weighted by atomic mass is 10.1. The predicted octanol–water partition coefficient (Wildman–Crippen LogP) is 1.99. The summed E-state index contributed by atoms with van der Waals surface area (Å²) in [5.74, 6) is 0. The van der Waals surface area contributed by atoms with E-state index in [0.29, 0.717) is 32.3 Å². The molecule has 4 aliphatic rings. The molecule has 32 heavy (non-hydrogen) atoms. The zero-order chi connectivity index (χ0) is 21.5. The summed E-state index contributed by atoms with van der Waals surface area (Å²) in [4.78, 5) is 25.7. The van der Waals surface area contributed by atoms with Gasteiger partial charge in [-0.05, 0) is 24.1 Å². The molecule has 0 bridgehead atoms. The first-order chi connectivity index (χ1) is 15.7. The van der Waals surface area contributed by atoms with Crippen LogP contribution in [-0.2, 0) is 20.6 Å². The number of carbonyl (C=O) groups is 1. The Hall–Kier alpha value is -2.91. The third-order valence-electron chi connectivity index (χ3n) is 6.74. The van der Waals surface area contributed by atoms with Gasteiger partial charge in [-0.2, -0.15) is 0 Å². The molecule has 9 heteroatoms. The van der Waals surface area contributed by atoms with Crippen LogP contribution in [0.5, 0.6) is 0 Å². The van der Waals surface area contributed by atoms with Gasteiger partial charge in [-0.25, -0.2) is 9.78 Å². The summed E-state index contributed by atoms with van der Waals surface area (Å²) in [6, 6.07) is 2.46. The minimum atomic E-state index is -0.233. The zero-order valence-electron chi connectivity index (χ0n) is 18.0. The van der Waals surface area contributed by atoms with Crippen LogP contribution in [0.3, 0.4) is 0 Å². The largest absolute Gasteiger partial charge is 0.441 e. The Morgan fingerprint density at radius 1 is 1.09 bits per heavy atom. The first-order valence-electron chi connectivity index (χ1n) is 11.3. The highest BCUT2D eigenvalue weighted by molar-refractivity contribution is 5.91. The van der Waals surface area contributed by atoms with Crippen LogP contribution >= 0.6 is 0 Å². The minimum Gasteiger partial charge on any atom is -0.441 e. The summed E-state index contributed by atoms with van der Waals surface area (Å²) < 4.78 is 18.2. The van der Waals surface area contributed by atoms with E-state index in [2.05, 4.69) is 37.8 Å². The molecular formula is C23H27N5O4. The molecule has 1 aliphatic carbocycles. The van der Waals surface area contributed by atoms with Gasteiger partial charge < -0.3 is 28.6 Å². The van der Waals surface area contributed by atoms with Gasteiger partial charge in [0, 0.05) is 62.9 Å². The maximum absolute atomic E-state index is 12.3. The molecule has 0 spiro atoms. The van der Waals surface area contributed by atoms with Crippen molar-refractivity contribution in [1.29, 1.82) is 0 Å². The molecule has 2 aromatic heterocycles. The van der Waals surface area contributed by atoms with Gasteiger partial charge in [0.15, 0.2) is 6.10 Å². The highest BCUT2D eigenvalue weighted by Crippen LogP contribution is 2.36. The van der Waals surface area contributed by atoms with Gasteiger partial charge in [-0.1, -0.05) is 0 Å². The summed E-state index contributed by atoms with van der Waals surface area (Å²) in [7, 11) is 0. The molecule has 3 fully saturated rings. The molecule has 0 aromatic carbocycles. The summed E-state index contributed by atoms with van der Waals surface area (Å²) in [5.41, 5.74) is 5.64. The third-order valence-corrected chi connectivity index (χ3v) is 6.74. The lowest BCUT2D eigenvalue weighted by molar-refractivity contribution is -0.104. The first-order valence-corrected chi connectivity index (χ1v) is 11.3. The van der Waals surface area contributed by atoms with Gasteiger partial charge in [0.25, 0.3) is 0 Å². The second-order valence-corrected chi connectivity index (χ2v) is 8.78. The van der Waals surface area contributed by atoms with E-state index in [1.54, 1.807) is 4.90 Å². The Labute approximate surface area is 186 Å². The van der Waals surface area contributed by atoms with Crippen molar-refractivity contribution in [2.24, 2.45) is 0 Å². The van der Waals surface area contributed by atoms with E-state index in [4.69, 9.17) is 14.2 Å². The lowest BCUT2D eigenvalue weighted by Crippen LogP contribution is -2.51. The van der Waals surface area contributed by atoms with E-state index in [1.807, 2.05) is 12.5 Å². The average Bonchev–Trinajstić information content (AvgIpc) is 3.55. The van der Waals surface area contributed by atoms with Crippen molar-refractivity contribution in [3.05, 3.63) is 41.7 Å². The molecule has 6 rings (SSSR count). The highest BCUT2D eigenvalue weighted by Gasteiger charge is 2.30. The predicted molar refractivity (Wildman–Crippen MR) is 117 cm³/mol. The van der Waals surface area contributed by atoms with Crippen LogP contribution in [0.4, 0.5) is 10.5 Å². The summed E-state index contributed by atoms with van der Waals surface area (Å²) >= 11 is 0. The molecule has 1 atom stereocenters. The van der Waals surface area contributed by atoms with E-state index < -0.39 is 0 Å². The Morgan fingerprint density at radius 3 is 2.72 bits per heavy atom. The molecule has 0 radical (unpaired) electrons. The summed E-state index contributed by atoms with van der Waals surface area (Å²) in [5, 5.41) is 0. The number of piperazine rings is 1. The maximum Gasteiger partial charge on any atom is 0.410 e. The van der Waals surface area contributed by atoms with Crippen LogP contribution in [0.2, 0.25) is 0 Å². The van der Waals surface area contributed by atoms with Crippen LogP contribution in [0.15, 0.2) is 24.8 Å². The highest BCUT2D eigenvalue weighted by atomic mass is 16.6. The number of carbonyl (C=O) groups excluding carboxylic acids is 1. The fourth-order valence-corrected chi connectivity index (χ4v) is 4.74. The van der Waals surface area contributed by atoms with Crippen molar-refractivity contribution in [3.8, 4) is 0 Å². The molecule has 3 aliphatic heterocycles. The fraction of sp³-hybridized carbons (Fsp3) is 0.522. The van der Waals surface area contributed by atoms with Crippen LogP contribution < -0.4 is 4.90 Å². The molecule has 2 aromatic rings. The van der Waals surface area contributed by atoms with Gasteiger partial charge in [-0.15, -0.1) is 0 Å². The molecule has 0 saturated carbocycles. The number of aromatic nitrogens is 3. The quantitative estimate of drug-likeness (QED) is 0.724. The monoisotopic (exact) mass is 437 g/mol. The number of rotatable bonds is 4. The smallest absolute Gasteiger partial charge is 0.410 e. The number of imidazole rings is 1. The van der Waals surface area contributed by atoms with Crippen LogP contribution in [0.25, 0.3) is 11.6 Å². The number of anilines is 1. The Bertz CT molecular complexity index is 1030. The van der Waals surface area contributed by atoms with E-state index in [0.717, 1.165) is 50.5 Å². The standard InChI is InChI=1S/C23H27N5O4/c29-23(32-18-13-31-14-18)27-6-4-26(5-7-27)22-1-3-24-20-10-16(9-19(20)22)21-11-28(15-25-21)17-2-8-30-12-17/h1,3,9,11,15,17-18H,2,4-8,10,12-14H2/t17-/m0/s1. The normalized spacial score (nSPS) is 23.1. The maximum atomic E-state index is 12.3. The van der Waals surface area contributed by atoms with Gasteiger partial charge in [-0.3, -0.25) is 4.98 Å². The first kappa shape index (κ1) is 19.8. The van der Waals surface area contributed by atoms with Crippen molar-refractivity contribution >= 4 is 23.4 Å². The topological polar surface area (TPSA) is 82.0 Å². The molecule has 9 nitrogen and oxygen atoms in total. The number of hydrogen-bond acceptors (Lipinski definition) is 7.